The molecule has 0 fully saturated rings. The Hall–Kier alpha value is -2.44. The van der Waals surface area contributed by atoms with Crippen molar-refractivity contribution in [2.75, 3.05) is 37.7 Å². The van der Waals surface area contributed by atoms with Crippen molar-refractivity contribution in [2.45, 2.75) is 27.7 Å². The molecular formula is C23H30N3O2S+. The van der Waals surface area contributed by atoms with Crippen LogP contribution in [0.3, 0.4) is 0 Å². The van der Waals surface area contributed by atoms with E-state index in [0.29, 0.717) is 18.7 Å². The van der Waals surface area contributed by atoms with Crippen molar-refractivity contribution in [2.24, 2.45) is 0 Å². The standard InChI is InChI=1S/C23H29N3O2S/c1-5-25(6-2)15-16-26(22(27)18-13-11-17(4)12-14-18)23-24-21-19(28-7-3)9-8-10-20(21)29-23/h8-14H,5-7,15-16H2,1-4H3/p+1. The molecule has 0 aliphatic rings. The number of ether oxygens (including phenoxy) is 1. The highest BCUT2D eigenvalue weighted by Gasteiger charge is 2.23. The second-order valence-electron chi connectivity index (χ2n) is 7.06. The Morgan fingerprint density at radius 3 is 2.48 bits per heavy atom. The molecule has 1 aromatic heterocycles. The van der Waals surface area contributed by atoms with Crippen LogP contribution in [0.15, 0.2) is 42.5 Å². The smallest absolute Gasteiger partial charge is 0.260 e. The van der Waals surface area contributed by atoms with Gasteiger partial charge in [0.05, 0.1) is 37.5 Å². The second kappa shape index (κ2) is 9.85. The first-order chi connectivity index (χ1) is 14.1. The van der Waals surface area contributed by atoms with Gasteiger partial charge in [0.1, 0.15) is 11.3 Å². The van der Waals surface area contributed by atoms with E-state index >= 15 is 0 Å². The van der Waals surface area contributed by atoms with Crippen molar-refractivity contribution < 1.29 is 14.4 Å². The van der Waals surface area contributed by atoms with Crippen LogP contribution in [0.2, 0.25) is 0 Å². The summed E-state index contributed by atoms with van der Waals surface area (Å²) < 4.78 is 6.77. The highest BCUT2D eigenvalue weighted by molar-refractivity contribution is 7.22. The SMILES string of the molecule is CCOc1cccc2sc(N(CC[NH+](CC)CC)C(=O)c3ccc(C)cc3)nc12. The summed E-state index contributed by atoms with van der Waals surface area (Å²) in [6.07, 6.45) is 0. The fourth-order valence-electron chi connectivity index (χ4n) is 3.31. The molecule has 3 rings (SSSR count). The van der Waals surface area contributed by atoms with Gasteiger partial charge in [0.2, 0.25) is 0 Å². The van der Waals surface area contributed by atoms with E-state index in [1.165, 1.54) is 4.90 Å². The van der Waals surface area contributed by atoms with Crippen molar-refractivity contribution in [3.63, 3.8) is 0 Å². The fourth-order valence-corrected chi connectivity index (χ4v) is 4.32. The number of hydrogen-bond acceptors (Lipinski definition) is 4. The number of hydrogen-bond donors (Lipinski definition) is 1. The van der Waals surface area contributed by atoms with Gasteiger partial charge < -0.3 is 9.64 Å². The summed E-state index contributed by atoms with van der Waals surface area (Å²) >= 11 is 1.54. The lowest BCUT2D eigenvalue weighted by Gasteiger charge is -2.23. The number of fused-ring (bicyclic) bond motifs is 1. The van der Waals surface area contributed by atoms with Crippen molar-refractivity contribution in [3.05, 3.63) is 53.6 Å². The quantitative estimate of drug-likeness (QED) is 0.584. The molecule has 0 unspecified atom stereocenters. The Morgan fingerprint density at radius 1 is 1.10 bits per heavy atom. The Kier molecular flexibility index (Phi) is 7.23. The van der Waals surface area contributed by atoms with Crippen LogP contribution in [0, 0.1) is 6.92 Å². The highest BCUT2D eigenvalue weighted by atomic mass is 32.1. The van der Waals surface area contributed by atoms with Crippen molar-refractivity contribution >= 4 is 32.6 Å². The number of nitrogens with one attached hydrogen (secondary N) is 1. The molecule has 0 radical (unpaired) electrons. The number of quaternary nitrogens is 1. The molecule has 0 spiro atoms. The summed E-state index contributed by atoms with van der Waals surface area (Å²) in [4.78, 5) is 21.5. The van der Waals surface area contributed by atoms with Gasteiger partial charge >= 0.3 is 0 Å². The first-order valence-electron chi connectivity index (χ1n) is 10.3. The topological polar surface area (TPSA) is 46.9 Å². The molecule has 5 nitrogen and oxygen atoms in total. The largest absolute Gasteiger partial charge is 0.492 e. The molecule has 0 aliphatic heterocycles. The number of nitrogens with zero attached hydrogens (tertiary/aromatic N) is 2. The van der Waals surface area contributed by atoms with E-state index in [4.69, 9.17) is 9.72 Å². The molecule has 0 saturated heterocycles. The number of amides is 1. The third kappa shape index (κ3) is 4.95. The van der Waals surface area contributed by atoms with Gasteiger partial charge in [-0.05, 0) is 52.0 Å². The lowest BCUT2D eigenvalue weighted by molar-refractivity contribution is -0.894. The molecule has 6 heteroatoms. The van der Waals surface area contributed by atoms with E-state index in [1.54, 1.807) is 11.3 Å². The summed E-state index contributed by atoms with van der Waals surface area (Å²) in [5.41, 5.74) is 2.66. The molecule has 1 amide bonds. The van der Waals surface area contributed by atoms with E-state index < -0.39 is 0 Å². The minimum Gasteiger partial charge on any atom is -0.492 e. The summed E-state index contributed by atoms with van der Waals surface area (Å²) in [7, 11) is 0. The van der Waals surface area contributed by atoms with Crippen molar-refractivity contribution in [1.82, 2.24) is 4.98 Å². The van der Waals surface area contributed by atoms with E-state index in [1.807, 2.05) is 61.2 Å². The van der Waals surface area contributed by atoms with Gasteiger partial charge in [0, 0.05) is 5.56 Å². The maximum absolute atomic E-state index is 13.4. The molecule has 1 N–H and O–H groups in total. The molecule has 3 aromatic rings. The molecule has 1 heterocycles. The molecule has 0 saturated carbocycles. The number of thiazole rings is 1. The zero-order valence-electron chi connectivity index (χ0n) is 17.7. The minimum absolute atomic E-state index is 0.00595. The molecule has 154 valence electrons. The number of aromatic nitrogens is 1. The van der Waals surface area contributed by atoms with Crippen LogP contribution in [0.4, 0.5) is 5.13 Å². The molecule has 2 aromatic carbocycles. The van der Waals surface area contributed by atoms with Crippen LogP contribution in [-0.4, -0.2) is 43.7 Å². The summed E-state index contributed by atoms with van der Waals surface area (Å²) in [5, 5.41) is 0.726. The van der Waals surface area contributed by atoms with Gasteiger partial charge in [-0.3, -0.25) is 9.69 Å². The summed E-state index contributed by atoms with van der Waals surface area (Å²) in [6.45, 7) is 12.5. The molecule has 0 aliphatic carbocycles. The predicted octanol–water partition coefficient (Wildman–Crippen LogP) is 3.57. The van der Waals surface area contributed by atoms with Gasteiger partial charge in [-0.15, -0.1) is 0 Å². The van der Waals surface area contributed by atoms with Crippen LogP contribution in [0.25, 0.3) is 10.2 Å². The first kappa shape index (κ1) is 21.3. The normalized spacial score (nSPS) is 11.2. The Labute approximate surface area is 176 Å². The van der Waals surface area contributed by atoms with E-state index in [0.717, 1.165) is 46.3 Å². The number of para-hydroxylation sites is 1. The number of carbonyl (C=O) groups excluding carboxylic acids is 1. The zero-order chi connectivity index (χ0) is 20.8. The van der Waals surface area contributed by atoms with Crippen LogP contribution >= 0.6 is 11.3 Å². The van der Waals surface area contributed by atoms with Crippen LogP contribution < -0.4 is 14.5 Å². The average Bonchev–Trinajstić information content (AvgIpc) is 3.16. The van der Waals surface area contributed by atoms with Gasteiger partial charge in [-0.1, -0.05) is 35.1 Å². The molecular weight excluding hydrogens is 382 g/mol. The third-order valence-electron chi connectivity index (χ3n) is 5.13. The first-order valence-corrected chi connectivity index (χ1v) is 11.1. The lowest BCUT2D eigenvalue weighted by Crippen LogP contribution is -3.12. The number of rotatable bonds is 9. The van der Waals surface area contributed by atoms with Crippen molar-refractivity contribution in [1.29, 1.82) is 0 Å². The zero-order valence-corrected chi connectivity index (χ0v) is 18.5. The number of anilines is 1. The van der Waals surface area contributed by atoms with Gasteiger partial charge in [0.25, 0.3) is 5.91 Å². The van der Waals surface area contributed by atoms with E-state index in [9.17, 15) is 4.79 Å². The number of likely N-dealkylation sites (N-methyl/N-ethyl adjacent to an activating group) is 1. The second-order valence-corrected chi connectivity index (χ2v) is 8.07. The van der Waals surface area contributed by atoms with E-state index in [-0.39, 0.29) is 5.91 Å². The highest BCUT2D eigenvalue weighted by Crippen LogP contribution is 2.34. The Bertz CT molecular complexity index is 948. The van der Waals surface area contributed by atoms with Crippen LogP contribution in [0.1, 0.15) is 36.7 Å². The fraction of sp³-hybridized carbons (Fsp3) is 0.391. The van der Waals surface area contributed by atoms with Gasteiger partial charge in [0.15, 0.2) is 5.13 Å². The molecule has 0 atom stereocenters. The molecule has 0 bridgehead atoms. The van der Waals surface area contributed by atoms with Crippen LogP contribution in [-0.2, 0) is 0 Å². The average molecular weight is 413 g/mol. The number of carbonyl (C=O) groups is 1. The van der Waals surface area contributed by atoms with Crippen molar-refractivity contribution in [3.8, 4) is 5.75 Å². The predicted molar refractivity (Wildman–Crippen MR) is 121 cm³/mol. The van der Waals surface area contributed by atoms with Gasteiger partial charge in [-0.25, -0.2) is 4.98 Å². The summed E-state index contributed by atoms with van der Waals surface area (Å²) in [5.74, 6) is 0.762. The summed E-state index contributed by atoms with van der Waals surface area (Å²) in [6, 6.07) is 13.7. The number of aryl methyl sites for hydroxylation is 1. The third-order valence-corrected chi connectivity index (χ3v) is 6.18. The number of benzene rings is 2. The Morgan fingerprint density at radius 2 is 1.83 bits per heavy atom. The maximum Gasteiger partial charge on any atom is 0.260 e. The van der Waals surface area contributed by atoms with E-state index in [2.05, 4.69) is 13.8 Å². The monoisotopic (exact) mass is 412 g/mol. The van der Waals surface area contributed by atoms with Crippen LogP contribution in [0.5, 0.6) is 5.75 Å². The lowest BCUT2D eigenvalue weighted by atomic mass is 10.1. The van der Waals surface area contributed by atoms with Gasteiger partial charge in [-0.2, -0.15) is 0 Å². The minimum atomic E-state index is -0.00595. The molecule has 29 heavy (non-hydrogen) atoms. The Balaban J connectivity index is 1.97. The maximum atomic E-state index is 13.4.